The summed E-state index contributed by atoms with van der Waals surface area (Å²) in [6, 6.07) is 11.2. The first-order chi connectivity index (χ1) is 7.81. The topological polar surface area (TPSA) is 43.3 Å². The minimum atomic E-state index is -0.249. The van der Waals surface area contributed by atoms with E-state index in [0.717, 1.165) is 5.69 Å². The third-order valence-corrected chi connectivity index (χ3v) is 2.23. The summed E-state index contributed by atoms with van der Waals surface area (Å²) in [5.74, 6) is -0.249. The molecule has 1 heterocycles. The van der Waals surface area contributed by atoms with E-state index in [9.17, 15) is 4.79 Å². The van der Waals surface area contributed by atoms with Gasteiger partial charge in [0.15, 0.2) is 0 Å². The number of carbonyl (C=O) groups excluding carboxylic acids is 1. The highest BCUT2D eigenvalue weighted by Crippen LogP contribution is 2.09. The molecule has 0 aliphatic heterocycles. The van der Waals surface area contributed by atoms with Crippen molar-refractivity contribution in [1.82, 2.24) is 10.0 Å². The summed E-state index contributed by atoms with van der Waals surface area (Å²) in [5, 5.41) is 0. The lowest BCUT2D eigenvalue weighted by Crippen LogP contribution is -2.21. The van der Waals surface area contributed by atoms with E-state index in [1.807, 2.05) is 41.2 Å². The number of benzene rings is 1. The van der Waals surface area contributed by atoms with Gasteiger partial charge in [-0.25, -0.2) is 5.48 Å². The van der Waals surface area contributed by atoms with E-state index < -0.39 is 0 Å². The lowest BCUT2D eigenvalue weighted by molar-refractivity contribution is 0.0537. The van der Waals surface area contributed by atoms with Crippen molar-refractivity contribution in [3.63, 3.8) is 0 Å². The van der Waals surface area contributed by atoms with Gasteiger partial charge in [0.1, 0.15) is 0 Å². The molecule has 4 nitrogen and oxygen atoms in total. The Kier molecular flexibility index (Phi) is 3.03. The van der Waals surface area contributed by atoms with Gasteiger partial charge in [0.05, 0.1) is 7.11 Å². The van der Waals surface area contributed by atoms with Crippen molar-refractivity contribution in [1.29, 1.82) is 0 Å². The van der Waals surface area contributed by atoms with Gasteiger partial charge in [-0.2, -0.15) is 0 Å². The van der Waals surface area contributed by atoms with Gasteiger partial charge in [0, 0.05) is 23.6 Å². The Hall–Kier alpha value is -2.07. The number of nitrogens with one attached hydrogen (secondary N) is 1. The Morgan fingerprint density at radius 3 is 2.38 bits per heavy atom. The highest BCUT2D eigenvalue weighted by molar-refractivity contribution is 5.93. The molecule has 2 aromatic rings. The molecule has 0 aliphatic rings. The standard InChI is InChI=1S/C12H12N2O2/c1-16-13-12(15)10-4-6-11(7-5-10)14-8-2-3-9-14/h2-9H,1H3,(H,13,15). The van der Waals surface area contributed by atoms with Crippen molar-refractivity contribution in [2.45, 2.75) is 0 Å². The van der Waals surface area contributed by atoms with Crippen LogP contribution in [0, 0.1) is 0 Å². The van der Waals surface area contributed by atoms with Crippen LogP contribution in [0.4, 0.5) is 0 Å². The minimum Gasteiger partial charge on any atom is -0.324 e. The summed E-state index contributed by atoms with van der Waals surface area (Å²) in [4.78, 5) is 16.0. The predicted octanol–water partition coefficient (Wildman–Crippen LogP) is 1.77. The van der Waals surface area contributed by atoms with E-state index >= 15 is 0 Å². The molecule has 0 saturated carbocycles. The summed E-state index contributed by atoms with van der Waals surface area (Å²) in [7, 11) is 1.41. The van der Waals surface area contributed by atoms with E-state index in [1.165, 1.54) is 7.11 Å². The fourth-order valence-corrected chi connectivity index (χ4v) is 1.44. The van der Waals surface area contributed by atoms with Crippen LogP contribution in [0.25, 0.3) is 5.69 Å². The molecule has 0 fully saturated rings. The van der Waals surface area contributed by atoms with E-state index in [1.54, 1.807) is 12.1 Å². The van der Waals surface area contributed by atoms with Crippen molar-refractivity contribution >= 4 is 5.91 Å². The number of hydroxylamine groups is 1. The molecule has 0 spiro atoms. The molecule has 1 N–H and O–H groups in total. The van der Waals surface area contributed by atoms with Gasteiger partial charge in [0.25, 0.3) is 5.91 Å². The molecule has 0 atom stereocenters. The van der Waals surface area contributed by atoms with E-state index in [0.29, 0.717) is 5.56 Å². The van der Waals surface area contributed by atoms with Crippen molar-refractivity contribution in [3.8, 4) is 5.69 Å². The molecule has 1 aromatic carbocycles. The van der Waals surface area contributed by atoms with Crippen LogP contribution in [0.1, 0.15) is 10.4 Å². The second-order valence-corrected chi connectivity index (χ2v) is 3.27. The molecule has 0 bridgehead atoms. The van der Waals surface area contributed by atoms with Crippen molar-refractivity contribution in [3.05, 3.63) is 54.4 Å². The molecule has 0 aliphatic carbocycles. The second kappa shape index (κ2) is 4.63. The lowest BCUT2D eigenvalue weighted by Gasteiger charge is -2.05. The third kappa shape index (κ3) is 2.12. The SMILES string of the molecule is CONC(=O)c1ccc(-n2cccc2)cc1. The van der Waals surface area contributed by atoms with Gasteiger partial charge < -0.3 is 4.57 Å². The van der Waals surface area contributed by atoms with Crippen LogP contribution in [0.3, 0.4) is 0 Å². The molecule has 82 valence electrons. The zero-order chi connectivity index (χ0) is 11.4. The molecule has 1 amide bonds. The maximum atomic E-state index is 11.4. The Balaban J connectivity index is 2.20. The first-order valence-corrected chi connectivity index (χ1v) is 4.88. The van der Waals surface area contributed by atoms with Crippen molar-refractivity contribution < 1.29 is 9.63 Å². The van der Waals surface area contributed by atoms with Gasteiger partial charge in [-0.05, 0) is 36.4 Å². The highest BCUT2D eigenvalue weighted by Gasteiger charge is 2.04. The summed E-state index contributed by atoms with van der Waals surface area (Å²) in [6.07, 6.45) is 3.90. The van der Waals surface area contributed by atoms with E-state index in [4.69, 9.17) is 0 Å². The fourth-order valence-electron chi connectivity index (χ4n) is 1.44. The largest absolute Gasteiger partial charge is 0.324 e. The Morgan fingerprint density at radius 1 is 1.19 bits per heavy atom. The fraction of sp³-hybridized carbons (Fsp3) is 0.0833. The summed E-state index contributed by atoms with van der Waals surface area (Å²) < 4.78 is 1.97. The zero-order valence-corrected chi connectivity index (χ0v) is 8.88. The first kappa shape index (κ1) is 10.4. The van der Waals surface area contributed by atoms with Gasteiger partial charge in [0.2, 0.25) is 0 Å². The number of hydrogen-bond acceptors (Lipinski definition) is 2. The average molecular weight is 216 g/mol. The average Bonchev–Trinajstić information content (AvgIpc) is 2.83. The van der Waals surface area contributed by atoms with Crippen LogP contribution in [0.2, 0.25) is 0 Å². The van der Waals surface area contributed by atoms with Crippen LogP contribution in [-0.4, -0.2) is 17.6 Å². The predicted molar refractivity (Wildman–Crippen MR) is 60.2 cm³/mol. The number of rotatable bonds is 3. The first-order valence-electron chi connectivity index (χ1n) is 4.88. The molecular weight excluding hydrogens is 204 g/mol. The number of aromatic nitrogens is 1. The summed E-state index contributed by atoms with van der Waals surface area (Å²) in [5.41, 5.74) is 3.85. The smallest absolute Gasteiger partial charge is 0.274 e. The normalized spacial score (nSPS) is 10.1. The number of hydrogen-bond donors (Lipinski definition) is 1. The molecule has 16 heavy (non-hydrogen) atoms. The van der Waals surface area contributed by atoms with Gasteiger partial charge in [-0.3, -0.25) is 9.63 Å². The van der Waals surface area contributed by atoms with Gasteiger partial charge >= 0.3 is 0 Å². The van der Waals surface area contributed by atoms with Gasteiger partial charge in [-0.1, -0.05) is 0 Å². The number of nitrogens with zero attached hydrogens (tertiary/aromatic N) is 1. The van der Waals surface area contributed by atoms with Crippen molar-refractivity contribution in [2.24, 2.45) is 0 Å². The van der Waals surface area contributed by atoms with Crippen LogP contribution in [-0.2, 0) is 4.84 Å². The molecule has 0 saturated heterocycles. The molecule has 0 unspecified atom stereocenters. The maximum absolute atomic E-state index is 11.4. The zero-order valence-electron chi connectivity index (χ0n) is 8.88. The number of amides is 1. The highest BCUT2D eigenvalue weighted by atomic mass is 16.6. The van der Waals surface area contributed by atoms with Crippen LogP contribution >= 0.6 is 0 Å². The molecule has 0 radical (unpaired) electrons. The quantitative estimate of drug-likeness (QED) is 0.794. The molecular formula is C12H12N2O2. The molecule has 2 rings (SSSR count). The van der Waals surface area contributed by atoms with E-state index in [-0.39, 0.29) is 5.91 Å². The molecule has 4 heteroatoms. The molecule has 1 aromatic heterocycles. The van der Waals surface area contributed by atoms with Gasteiger partial charge in [-0.15, -0.1) is 0 Å². The minimum absolute atomic E-state index is 0.249. The Labute approximate surface area is 93.4 Å². The van der Waals surface area contributed by atoms with Crippen LogP contribution in [0.5, 0.6) is 0 Å². The Morgan fingerprint density at radius 2 is 1.81 bits per heavy atom. The second-order valence-electron chi connectivity index (χ2n) is 3.27. The lowest BCUT2D eigenvalue weighted by atomic mass is 10.2. The van der Waals surface area contributed by atoms with Crippen LogP contribution in [0.15, 0.2) is 48.8 Å². The van der Waals surface area contributed by atoms with Crippen LogP contribution < -0.4 is 5.48 Å². The maximum Gasteiger partial charge on any atom is 0.274 e. The van der Waals surface area contributed by atoms with E-state index in [2.05, 4.69) is 10.3 Å². The monoisotopic (exact) mass is 216 g/mol. The Bertz CT molecular complexity index is 460. The van der Waals surface area contributed by atoms with Crippen molar-refractivity contribution in [2.75, 3.05) is 7.11 Å². The summed E-state index contributed by atoms with van der Waals surface area (Å²) in [6.45, 7) is 0. The summed E-state index contributed by atoms with van der Waals surface area (Å²) >= 11 is 0. The number of carbonyl (C=O) groups is 1. The third-order valence-electron chi connectivity index (χ3n) is 2.23.